The van der Waals surface area contributed by atoms with Gasteiger partial charge in [0.15, 0.2) is 0 Å². The van der Waals surface area contributed by atoms with Crippen molar-refractivity contribution < 1.29 is 4.52 Å². The van der Waals surface area contributed by atoms with E-state index in [0.29, 0.717) is 12.4 Å². The number of rotatable bonds is 4. The summed E-state index contributed by atoms with van der Waals surface area (Å²) >= 11 is 0. The predicted octanol–water partition coefficient (Wildman–Crippen LogP) is 1.17. The second-order valence-corrected chi connectivity index (χ2v) is 3.82. The fraction of sp³-hybridized carbons (Fsp3) is 0.800. The summed E-state index contributed by atoms with van der Waals surface area (Å²) in [4.78, 5) is 6.55. The van der Waals surface area contributed by atoms with E-state index in [0.717, 1.165) is 25.6 Å². The molecule has 1 N–H and O–H groups in total. The average Bonchev–Trinajstić information content (AvgIpc) is 2.76. The van der Waals surface area contributed by atoms with Crippen LogP contribution in [0.25, 0.3) is 0 Å². The molecule has 0 saturated carbocycles. The molecule has 5 heteroatoms. The van der Waals surface area contributed by atoms with E-state index < -0.39 is 0 Å². The summed E-state index contributed by atoms with van der Waals surface area (Å²) in [7, 11) is 0. The first kappa shape index (κ1) is 10.4. The second kappa shape index (κ2) is 5.11. The van der Waals surface area contributed by atoms with Gasteiger partial charge >= 0.3 is 0 Å². The highest BCUT2D eigenvalue weighted by atomic mass is 16.5. The van der Waals surface area contributed by atoms with Crippen LogP contribution in [0, 0.1) is 0 Å². The minimum atomic E-state index is 0.664. The lowest BCUT2D eigenvalue weighted by Crippen LogP contribution is -2.30. The van der Waals surface area contributed by atoms with Crippen molar-refractivity contribution in [2.24, 2.45) is 0 Å². The van der Waals surface area contributed by atoms with Crippen LogP contribution < -0.4 is 10.2 Å². The Kier molecular flexibility index (Phi) is 3.55. The Morgan fingerprint density at radius 3 is 2.87 bits per heavy atom. The molecule has 0 atom stereocenters. The molecule has 1 fully saturated rings. The molecule has 0 unspecified atom stereocenters. The molecule has 2 heterocycles. The first-order valence-corrected chi connectivity index (χ1v) is 5.68. The molecule has 0 spiro atoms. The number of anilines is 1. The average molecular weight is 210 g/mol. The van der Waals surface area contributed by atoms with Crippen LogP contribution in [-0.4, -0.2) is 29.8 Å². The summed E-state index contributed by atoms with van der Waals surface area (Å²) in [6, 6.07) is 0. The van der Waals surface area contributed by atoms with Gasteiger partial charge in [0.05, 0.1) is 6.54 Å². The molecule has 15 heavy (non-hydrogen) atoms. The van der Waals surface area contributed by atoms with Crippen molar-refractivity contribution in [1.29, 1.82) is 0 Å². The minimum Gasteiger partial charge on any atom is -0.338 e. The van der Waals surface area contributed by atoms with Crippen molar-refractivity contribution in [2.75, 3.05) is 24.5 Å². The summed E-state index contributed by atoms with van der Waals surface area (Å²) < 4.78 is 5.15. The normalized spacial score (nSPS) is 17.0. The lowest BCUT2D eigenvalue weighted by atomic mass is 10.1. The van der Waals surface area contributed by atoms with Crippen molar-refractivity contribution >= 4 is 5.95 Å². The highest BCUT2D eigenvalue weighted by Gasteiger charge is 2.16. The summed E-state index contributed by atoms with van der Waals surface area (Å²) in [5.74, 6) is 1.43. The van der Waals surface area contributed by atoms with Gasteiger partial charge in [0.2, 0.25) is 5.89 Å². The number of piperidine rings is 1. The van der Waals surface area contributed by atoms with Crippen LogP contribution in [0.1, 0.15) is 32.1 Å². The fourth-order valence-corrected chi connectivity index (χ4v) is 1.77. The lowest BCUT2D eigenvalue weighted by Gasteiger charge is -2.24. The zero-order valence-electron chi connectivity index (χ0n) is 9.20. The third kappa shape index (κ3) is 2.68. The predicted molar refractivity (Wildman–Crippen MR) is 57.7 cm³/mol. The van der Waals surface area contributed by atoms with E-state index in [1.807, 2.05) is 0 Å². The van der Waals surface area contributed by atoms with Crippen LogP contribution in [0.3, 0.4) is 0 Å². The molecule has 5 nitrogen and oxygen atoms in total. The van der Waals surface area contributed by atoms with Gasteiger partial charge in [0.1, 0.15) is 0 Å². The monoisotopic (exact) mass is 210 g/mol. The second-order valence-electron chi connectivity index (χ2n) is 3.82. The van der Waals surface area contributed by atoms with Gasteiger partial charge in [-0.25, -0.2) is 0 Å². The van der Waals surface area contributed by atoms with Crippen molar-refractivity contribution in [3.05, 3.63) is 5.89 Å². The quantitative estimate of drug-likeness (QED) is 0.808. The van der Waals surface area contributed by atoms with E-state index in [1.54, 1.807) is 0 Å². The molecule has 1 aromatic rings. The van der Waals surface area contributed by atoms with Gasteiger partial charge in [-0.15, -0.1) is 0 Å². The third-order valence-electron chi connectivity index (χ3n) is 2.62. The molecule has 0 aliphatic carbocycles. The van der Waals surface area contributed by atoms with Gasteiger partial charge in [-0.3, -0.25) is 0 Å². The highest BCUT2D eigenvalue weighted by Crippen LogP contribution is 2.15. The Balaban J connectivity index is 1.93. The van der Waals surface area contributed by atoms with E-state index in [-0.39, 0.29) is 0 Å². The van der Waals surface area contributed by atoms with E-state index in [1.165, 1.54) is 19.3 Å². The molecular formula is C10H18N4O. The van der Waals surface area contributed by atoms with Crippen LogP contribution >= 0.6 is 0 Å². The molecule has 0 amide bonds. The maximum absolute atomic E-state index is 5.15. The molecule has 2 rings (SSSR count). The summed E-state index contributed by atoms with van der Waals surface area (Å²) in [5.41, 5.74) is 0. The molecular weight excluding hydrogens is 192 g/mol. The van der Waals surface area contributed by atoms with Gasteiger partial charge in [-0.2, -0.15) is 4.98 Å². The van der Waals surface area contributed by atoms with E-state index in [4.69, 9.17) is 4.52 Å². The summed E-state index contributed by atoms with van der Waals surface area (Å²) in [5, 5.41) is 7.16. The summed E-state index contributed by atoms with van der Waals surface area (Å²) in [6.45, 7) is 5.75. The standard InChI is InChI=1S/C10H18N4O/c1-2-11-8-9-12-10(13-15-9)14-6-4-3-5-7-14/h11H,2-8H2,1H3. The number of aromatic nitrogens is 2. The van der Waals surface area contributed by atoms with Gasteiger partial charge in [-0.1, -0.05) is 6.92 Å². The van der Waals surface area contributed by atoms with Crippen molar-refractivity contribution in [1.82, 2.24) is 15.5 Å². The fourth-order valence-electron chi connectivity index (χ4n) is 1.77. The van der Waals surface area contributed by atoms with E-state index in [2.05, 4.69) is 27.3 Å². The molecule has 84 valence electrons. The summed E-state index contributed by atoms with van der Waals surface area (Å²) in [6.07, 6.45) is 3.78. The van der Waals surface area contributed by atoms with Crippen LogP contribution in [0.2, 0.25) is 0 Å². The molecule has 1 saturated heterocycles. The van der Waals surface area contributed by atoms with Gasteiger partial charge in [0.25, 0.3) is 5.95 Å². The smallest absolute Gasteiger partial charge is 0.266 e. The van der Waals surface area contributed by atoms with Crippen LogP contribution in [0.5, 0.6) is 0 Å². The van der Waals surface area contributed by atoms with Gasteiger partial charge in [0, 0.05) is 13.1 Å². The third-order valence-corrected chi connectivity index (χ3v) is 2.62. The van der Waals surface area contributed by atoms with Crippen LogP contribution in [0.15, 0.2) is 4.52 Å². The van der Waals surface area contributed by atoms with E-state index in [9.17, 15) is 0 Å². The first-order chi connectivity index (χ1) is 7.40. The number of nitrogens with zero attached hydrogens (tertiary/aromatic N) is 3. The number of hydrogen-bond acceptors (Lipinski definition) is 5. The maximum Gasteiger partial charge on any atom is 0.266 e. The minimum absolute atomic E-state index is 0.664. The Morgan fingerprint density at radius 1 is 1.33 bits per heavy atom. The lowest BCUT2D eigenvalue weighted by molar-refractivity contribution is 0.367. The van der Waals surface area contributed by atoms with Crippen molar-refractivity contribution in [3.8, 4) is 0 Å². The zero-order chi connectivity index (χ0) is 10.5. The molecule has 0 radical (unpaired) electrons. The SMILES string of the molecule is CCNCc1nc(N2CCCCC2)no1. The highest BCUT2D eigenvalue weighted by molar-refractivity contribution is 5.27. The largest absolute Gasteiger partial charge is 0.338 e. The molecule has 1 aromatic heterocycles. The van der Waals surface area contributed by atoms with Gasteiger partial charge < -0.3 is 14.7 Å². The first-order valence-electron chi connectivity index (χ1n) is 5.68. The van der Waals surface area contributed by atoms with Crippen molar-refractivity contribution in [3.63, 3.8) is 0 Å². The van der Waals surface area contributed by atoms with Crippen LogP contribution in [-0.2, 0) is 6.54 Å². The molecule has 1 aliphatic rings. The Morgan fingerprint density at radius 2 is 2.13 bits per heavy atom. The number of hydrogen-bond donors (Lipinski definition) is 1. The molecule has 1 aliphatic heterocycles. The molecule has 0 aromatic carbocycles. The van der Waals surface area contributed by atoms with E-state index >= 15 is 0 Å². The topological polar surface area (TPSA) is 54.2 Å². The number of nitrogens with one attached hydrogen (secondary N) is 1. The van der Waals surface area contributed by atoms with Gasteiger partial charge in [-0.05, 0) is 31.0 Å². The zero-order valence-corrected chi connectivity index (χ0v) is 9.20. The molecule has 0 bridgehead atoms. The van der Waals surface area contributed by atoms with Crippen molar-refractivity contribution in [2.45, 2.75) is 32.7 Å². The van der Waals surface area contributed by atoms with Crippen LogP contribution in [0.4, 0.5) is 5.95 Å². The Hall–Kier alpha value is -1.10. The Labute approximate surface area is 89.8 Å². The maximum atomic E-state index is 5.15. The Bertz CT molecular complexity index is 293.